The molecule has 0 spiro atoms. The lowest BCUT2D eigenvalue weighted by molar-refractivity contribution is 0.0337. The third-order valence-corrected chi connectivity index (χ3v) is 6.72. The van der Waals surface area contributed by atoms with Crippen LogP contribution < -0.4 is 5.73 Å². The van der Waals surface area contributed by atoms with Crippen molar-refractivity contribution in [2.45, 2.75) is 40.5 Å². The van der Waals surface area contributed by atoms with E-state index in [1.165, 1.54) is 24.0 Å². The molecule has 0 aliphatic heterocycles. The first-order valence-corrected chi connectivity index (χ1v) is 9.78. The lowest BCUT2D eigenvalue weighted by atomic mass is 9.53. The molecule has 2 unspecified atom stereocenters. The zero-order valence-electron chi connectivity index (χ0n) is 16.6. The Bertz CT molecular complexity index is 981. The van der Waals surface area contributed by atoms with E-state index in [2.05, 4.69) is 63.0 Å². The molecule has 1 heterocycles. The molecule has 2 aliphatic rings. The number of rotatable bonds is 2. The number of primary amides is 1. The molecule has 2 atom stereocenters. The van der Waals surface area contributed by atoms with Crippen LogP contribution in [-0.2, 0) is 0 Å². The molecule has 4 rings (SSSR count). The number of hydrogen-bond acceptors (Lipinski definition) is 2. The standard InChI is InChI=1S/C24H28N2O/c1-23(2)11-12-24(3,4)19-14-16(5-8-18(19)23)15-6-9-20-17(13-15)7-10-21(26-20)22(25)27/h5-10,13-14,18-19H,11-12H2,1-4H3,(H2,25,27). The van der Waals surface area contributed by atoms with Crippen LogP contribution in [0.15, 0.2) is 48.6 Å². The number of benzene rings is 1. The van der Waals surface area contributed by atoms with E-state index in [4.69, 9.17) is 5.73 Å². The van der Waals surface area contributed by atoms with Gasteiger partial charge in [0.15, 0.2) is 0 Å². The lowest BCUT2D eigenvalue weighted by Gasteiger charge is -2.51. The van der Waals surface area contributed by atoms with Gasteiger partial charge in [-0.15, -0.1) is 0 Å². The number of carbonyl (C=O) groups excluding carboxylic acids is 1. The maximum Gasteiger partial charge on any atom is 0.267 e. The van der Waals surface area contributed by atoms with Crippen LogP contribution in [-0.4, -0.2) is 10.9 Å². The Morgan fingerprint density at radius 3 is 2.44 bits per heavy atom. The van der Waals surface area contributed by atoms with Crippen molar-refractivity contribution in [3.8, 4) is 0 Å². The second-order valence-electron chi connectivity index (χ2n) is 9.48. The van der Waals surface area contributed by atoms with Gasteiger partial charge in [0.05, 0.1) is 5.52 Å². The number of allylic oxidation sites excluding steroid dienone is 4. The van der Waals surface area contributed by atoms with E-state index < -0.39 is 5.91 Å². The lowest BCUT2D eigenvalue weighted by Crippen LogP contribution is -2.43. The summed E-state index contributed by atoms with van der Waals surface area (Å²) in [6.45, 7) is 9.62. The number of amides is 1. The van der Waals surface area contributed by atoms with Crippen molar-refractivity contribution in [1.29, 1.82) is 0 Å². The van der Waals surface area contributed by atoms with E-state index >= 15 is 0 Å². The summed E-state index contributed by atoms with van der Waals surface area (Å²) in [5.74, 6) is 0.643. The zero-order chi connectivity index (χ0) is 19.4. The molecule has 0 saturated heterocycles. The van der Waals surface area contributed by atoms with Crippen molar-refractivity contribution in [3.05, 3.63) is 59.8 Å². The minimum Gasteiger partial charge on any atom is -0.364 e. The fourth-order valence-electron chi connectivity index (χ4n) is 4.75. The molecule has 140 valence electrons. The second kappa shape index (κ2) is 6.05. The molecular weight excluding hydrogens is 332 g/mol. The van der Waals surface area contributed by atoms with Gasteiger partial charge in [0.2, 0.25) is 0 Å². The van der Waals surface area contributed by atoms with Crippen molar-refractivity contribution in [2.24, 2.45) is 28.4 Å². The van der Waals surface area contributed by atoms with Gasteiger partial charge in [0.1, 0.15) is 5.69 Å². The number of pyridine rings is 1. The first-order valence-electron chi connectivity index (χ1n) is 9.78. The minimum absolute atomic E-state index is 0.307. The van der Waals surface area contributed by atoms with Crippen LogP contribution in [0.5, 0.6) is 0 Å². The molecule has 1 fully saturated rings. The zero-order valence-corrected chi connectivity index (χ0v) is 16.6. The third kappa shape index (κ3) is 3.09. The van der Waals surface area contributed by atoms with Gasteiger partial charge >= 0.3 is 0 Å². The smallest absolute Gasteiger partial charge is 0.267 e. The summed E-state index contributed by atoms with van der Waals surface area (Å²) >= 11 is 0. The number of nitrogens with two attached hydrogens (primary N) is 1. The Hall–Kier alpha value is -2.42. The van der Waals surface area contributed by atoms with Crippen LogP contribution in [0.3, 0.4) is 0 Å². The Labute approximate surface area is 161 Å². The average Bonchev–Trinajstić information content (AvgIpc) is 2.64. The highest BCUT2D eigenvalue weighted by Crippen LogP contribution is 2.55. The Kier molecular flexibility index (Phi) is 4.03. The maximum absolute atomic E-state index is 11.3. The van der Waals surface area contributed by atoms with Crippen LogP contribution in [0.4, 0.5) is 0 Å². The molecule has 0 bridgehead atoms. The van der Waals surface area contributed by atoms with Gasteiger partial charge < -0.3 is 5.73 Å². The summed E-state index contributed by atoms with van der Waals surface area (Å²) in [5.41, 5.74) is 9.58. The summed E-state index contributed by atoms with van der Waals surface area (Å²) in [6, 6.07) is 9.85. The van der Waals surface area contributed by atoms with E-state index in [1.54, 1.807) is 6.07 Å². The largest absolute Gasteiger partial charge is 0.364 e. The summed E-state index contributed by atoms with van der Waals surface area (Å²) in [6.07, 6.45) is 9.74. The van der Waals surface area contributed by atoms with Crippen molar-refractivity contribution in [3.63, 3.8) is 0 Å². The molecule has 2 aliphatic carbocycles. The highest BCUT2D eigenvalue weighted by atomic mass is 16.1. The van der Waals surface area contributed by atoms with E-state index in [1.807, 2.05) is 12.1 Å². The third-order valence-electron chi connectivity index (χ3n) is 6.72. The fourth-order valence-corrected chi connectivity index (χ4v) is 4.75. The molecule has 1 amide bonds. The number of fused-ring (bicyclic) bond motifs is 2. The van der Waals surface area contributed by atoms with Crippen LogP contribution >= 0.6 is 0 Å². The summed E-state index contributed by atoms with van der Waals surface area (Å²) in [5, 5.41) is 1.03. The molecule has 1 aromatic carbocycles. The molecule has 2 aromatic rings. The predicted octanol–water partition coefficient (Wildman–Crippen LogP) is 5.37. The number of aromatic nitrogens is 1. The van der Waals surface area contributed by atoms with Gasteiger partial charge in [-0.25, -0.2) is 4.98 Å². The Morgan fingerprint density at radius 2 is 1.74 bits per heavy atom. The van der Waals surface area contributed by atoms with E-state index in [-0.39, 0.29) is 0 Å². The first-order chi connectivity index (χ1) is 12.7. The van der Waals surface area contributed by atoms with Gasteiger partial charge in [-0.1, -0.05) is 58.1 Å². The molecular formula is C24H28N2O. The van der Waals surface area contributed by atoms with Crippen molar-refractivity contribution >= 4 is 22.4 Å². The minimum atomic E-state index is -0.493. The normalized spacial score (nSPS) is 25.7. The van der Waals surface area contributed by atoms with Gasteiger partial charge in [-0.05, 0) is 64.8 Å². The predicted molar refractivity (Wildman–Crippen MR) is 111 cm³/mol. The molecule has 0 radical (unpaired) electrons. The van der Waals surface area contributed by atoms with Crippen LogP contribution in [0.1, 0.15) is 56.6 Å². The van der Waals surface area contributed by atoms with Gasteiger partial charge in [0.25, 0.3) is 5.91 Å². The van der Waals surface area contributed by atoms with E-state index in [9.17, 15) is 4.79 Å². The monoisotopic (exact) mass is 360 g/mol. The molecule has 1 saturated carbocycles. The highest BCUT2D eigenvalue weighted by Gasteiger charge is 2.46. The van der Waals surface area contributed by atoms with Crippen molar-refractivity contribution in [2.75, 3.05) is 0 Å². The fraction of sp³-hybridized carbons (Fsp3) is 0.417. The Balaban J connectivity index is 1.73. The van der Waals surface area contributed by atoms with Crippen LogP contribution in [0, 0.1) is 22.7 Å². The van der Waals surface area contributed by atoms with E-state index in [0.717, 1.165) is 10.9 Å². The Morgan fingerprint density at radius 1 is 1.04 bits per heavy atom. The van der Waals surface area contributed by atoms with Crippen molar-refractivity contribution < 1.29 is 4.79 Å². The van der Waals surface area contributed by atoms with Crippen LogP contribution in [0.25, 0.3) is 16.5 Å². The maximum atomic E-state index is 11.3. The first kappa shape index (κ1) is 18.0. The number of nitrogens with zero attached hydrogens (tertiary/aromatic N) is 1. The number of carbonyl (C=O) groups is 1. The van der Waals surface area contributed by atoms with Gasteiger partial charge in [-0.3, -0.25) is 4.79 Å². The summed E-state index contributed by atoms with van der Waals surface area (Å²) in [4.78, 5) is 15.7. The van der Waals surface area contributed by atoms with Gasteiger partial charge in [0, 0.05) is 5.39 Å². The summed E-state index contributed by atoms with van der Waals surface area (Å²) < 4.78 is 0. The van der Waals surface area contributed by atoms with Gasteiger partial charge in [-0.2, -0.15) is 0 Å². The number of hydrogen-bond donors (Lipinski definition) is 1. The SMILES string of the molecule is CC1(C)CCC(C)(C)C2C=C(c3ccc4nc(C(N)=O)ccc4c3)C=CC21. The van der Waals surface area contributed by atoms with Crippen LogP contribution in [0.2, 0.25) is 0 Å². The molecule has 3 heteroatoms. The molecule has 27 heavy (non-hydrogen) atoms. The topological polar surface area (TPSA) is 56.0 Å². The molecule has 1 aromatic heterocycles. The highest BCUT2D eigenvalue weighted by molar-refractivity contribution is 5.94. The average molecular weight is 361 g/mol. The molecule has 3 nitrogen and oxygen atoms in total. The second-order valence-corrected chi connectivity index (χ2v) is 9.48. The quantitative estimate of drug-likeness (QED) is 0.783. The van der Waals surface area contributed by atoms with E-state index in [0.29, 0.717) is 28.4 Å². The summed E-state index contributed by atoms with van der Waals surface area (Å²) in [7, 11) is 0. The van der Waals surface area contributed by atoms with Crippen molar-refractivity contribution in [1.82, 2.24) is 4.98 Å². The molecule has 2 N–H and O–H groups in total.